The van der Waals surface area contributed by atoms with Gasteiger partial charge in [-0.3, -0.25) is 0 Å². The van der Waals surface area contributed by atoms with Crippen molar-refractivity contribution < 1.29 is 23.8 Å². The van der Waals surface area contributed by atoms with Crippen LogP contribution in [0.1, 0.15) is 63.9 Å². The molecule has 9 heteroatoms. The molecule has 7 nitrogen and oxygen atoms in total. The number of nitriles is 1. The van der Waals surface area contributed by atoms with Gasteiger partial charge < -0.3 is 19.1 Å². The number of aromatic carboxylic acids is 1. The van der Waals surface area contributed by atoms with E-state index in [2.05, 4.69) is 41.8 Å². The lowest BCUT2D eigenvalue weighted by Gasteiger charge is -2.27. The molecule has 3 heterocycles. The molecule has 1 fully saturated rings. The summed E-state index contributed by atoms with van der Waals surface area (Å²) in [5, 5.41) is 18.4. The molecule has 2 aromatic carbocycles. The fraction of sp³-hybridized carbons (Fsp3) is 0.265. The molecular formula is C34H30FN3O4S. The highest BCUT2D eigenvalue weighted by molar-refractivity contribution is 7.20. The minimum Gasteiger partial charge on any atom is -0.493 e. The predicted octanol–water partition coefficient (Wildman–Crippen LogP) is 7.41. The van der Waals surface area contributed by atoms with E-state index in [9.17, 15) is 14.3 Å². The lowest BCUT2D eigenvalue weighted by molar-refractivity contribution is -0.0589. The molecule has 0 spiro atoms. The first-order chi connectivity index (χ1) is 20.9. The molecule has 0 radical (unpaired) electrons. The van der Waals surface area contributed by atoms with Gasteiger partial charge in [0.25, 0.3) is 0 Å². The molecule has 1 atom stereocenters. The summed E-state index contributed by atoms with van der Waals surface area (Å²) in [5.74, 6) is 0.316. The number of rotatable bonds is 9. The summed E-state index contributed by atoms with van der Waals surface area (Å²) in [5.41, 5.74) is 6.18. The molecule has 0 unspecified atom stereocenters. The number of carbonyl (C=O) groups is 1. The molecule has 43 heavy (non-hydrogen) atoms. The van der Waals surface area contributed by atoms with Gasteiger partial charge in [-0.25, -0.2) is 14.2 Å². The minimum atomic E-state index is -0.933. The van der Waals surface area contributed by atoms with Gasteiger partial charge in [0.15, 0.2) is 0 Å². The van der Waals surface area contributed by atoms with E-state index < -0.39 is 11.8 Å². The molecular weight excluding hydrogens is 565 g/mol. The lowest BCUT2D eigenvalue weighted by atomic mass is 9.94. The van der Waals surface area contributed by atoms with Crippen molar-refractivity contribution in [3.8, 4) is 6.07 Å². The van der Waals surface area contributed by atoms with Crippen LogP contribution >= 0.6 is 11.3 Å². The fourth-order valence-electron chi connectivity index (χ4n) is 5.31. The van der Waals surface area contributed by atoms with Crippen molar-refractivity contribution in [1.82, 2.24) is 9.55 Å². The second-order valence-electron chi connectivity index (χ2n) is 10.8. The molecule has 0 amide bonds. The Morgan fingerprint density at radius 3 is 2.74 bits per heavy atom. The quantitative estimate of drug-likeness (QED) is 0.216. The zero-order chi connectivity index (χ0) is 29.9. The Morgan fingerprint density at radius 1 is 1.23 bits per heavy atom. The molecule has 4 aromatic rings. The van der Waals surface area contributed by atoms with Crippen molar-refractivity contribution in [2.24, 2.45) is 0 Å². The van der Waals surface area contributed by atoms with Crippen molar-refractivity contribution in [3.05, 3.63) is 117 Å². The fourth-order valence-corrected chi connectivity index (χ4v) is 6.20. The van der Waals surface area contributed by atoms with E-state index in [0.717, 1.165) is 58.1 Å². The Labute approximate surface area is 252 Å². The molecule has 0 saturated carbocycles. The summed E-state index contributed by atoms with van der Waals surface area (Å²) in [4.78, 5) is 17.4. The van der Waals surface area contributed by atoms with Gasteiger partial charge >= 0.3 is 5.97 Å². The number of hydrogen-bond donors (Lipinski definition) is 1. The monoisotopic (exact) mass is 595 g/mol. The second kappa shape index (κ2) is 12.4. The van der Waals surface area contributed by atoms with Crippen LogP contribution in [0.5, 0.6) is 0 Å². The third-order valence-electron chi connectivity index (χ3n) is 7.89. The van der Waals surface area contributed by atoms with E-state index in [1.807, 2.05) is 18.2 Å². The number of carboxylic acid groups (broad SMARTS) is 1. The minimum absolute atomic E-state index is 0.110. The van der Waals surface area contributed by atoms with Gasteiger partial charge in [-0.05, 0) is 60.7 Å². The predicted molar refractivity (Wildman–Crippen MR) is 163 cm³/mol. The molecule has 2 aliphatic rings. The van der Waals surface area contributed by atoms with Crippen LogP contribution < -0.4 is 0 Å². The maximum absolute atomic E-state index is 14.2. The van der Waals surface area contributed by atoms with E-state index in [1.165, 1.54) is 23.0 Å². The first-order valence-electron chi connectivity index (χ1n) is 14.2. The van der Waals surface area contributed by atoms with Crippen LogP contribution in [0.4, 0.5) is 4.39 Å². The first-order valence-corrected chi connectivity index (χ1v) is 15.0. The van der Waals surface area contributed by atoms with Gasteiger partial charge in [0.1, 0.15) is 28.0 Å². The van der Waals surface area contributed by atoms with Crippen molar-refractivity contribution >= 4 is 33.2 Å². The smallest absolute Gasteiger partial charge is 0.346 e. The third-order valence-corrected chi connectivity index (χ3v) is 8.90. The number of halogens is 1. The molecule has 2 aromatic heterocycles. The van der Waals surface area contributed by atoms with Crippen LogP contribution in [0.3, 0.4) is 0 Å². The summed E-state index contributed by atoms with van der Waals surface area (Å²) in [6.07, 6.45) is 9.23. The summed E-state index contributed by atoms with van der Waals surface area (Å²) >= 11 is 1.21. The maximum Gasteiger partial charge on any atom is 0.346 e. The van der Waals surface area contributed by atoms with Gasteiger partial charge in [-0.15, -0.1) is 11.3 Å². The Morgan fingerprint density at radius 2 is 2.05 bits per heavy atom. The standard InChI is InChI=1S/C34H30FN3O4S/c1-21-5-12-26(42-20-25-11-8-23(18-36)15-29(25)35)3-2-4-28(21)24-9-6-22(7-10-24)16-32-37-33-30(17-31(43-33)34(39)40)38(32)19-27-13-14-41-27/h2-4,6-11,15,17,27H,5,12-14,16,19-20H2,1H3,(H,39,40)/b4-2-,26-3+,28-21-/t27-/m0/s1. The molecule has 1 aliphatic heterocycles. The van der Waals surface area contributed by atoms with Crippen molar-refractivity contribution in [3.63, 3.8) is 0 Å². The molecule has 0 bridgehead atoms. The zero-order valence-corrected chi connectivity index (χ0v) is 24.5. The summed E-state index contributed by atoms with van der Waals surface area (Å²) < 4.78 is 27.9. The number of aromatic nitrogens is 2. The van der Waals surface area contributed by atoms with Crippen molar-refractivity contribution in [2.45, 2.75) is 51.9 Å². The van der Waals surface area contributed by atoms with E-state index >= 15 is 0 Å². The number of benzene rings is 2. The van der Waals surface area contributed by atoms with E-state index in [-0.39, 0.29) is 18.3 Å². The summed E-state index contributed by atoms with van der Waals surface area (Å²) in [6.45, 7) is 3.65. The number of allylic oxidation sites excluding steroid dienone is 6. The number of hydrogen-bond acceptors (Lipinski definition) is 6. The molecule has 6 rings (SSSR count). The van der Waals surface area contributed by atoms with Crippen LogP contribution in [-0.4, -0.2) is 33.3 Å². The van der Waals surface area contributed by atoms with Crippen LogP contribution in [0.25, 0.3) is 15.9 Å². The highest BCUT2D eigenvalue weighted by Gasteiger charge is 2.24. The van der Waals surface area contributed by atoms with Crippen LogP contribution in [0, 0.1) is 17.1 Å². The topological polar surface area (TPSA) is 97.4 Å². The molecule has 218 valence electrons. The van der Waals surface area contributed by atoms with E-state index in [0.29, 0.717) is 29.8 Å². The highest BCUT2D eigenvalue weighted by atomic mass is 32.1. The van der Waals surface area contributed by atoms with E-state index in [1.54, 1.807) is 18.2 Å². The average molecular weight is 596 g/mol. The van der Waals surface area contributed by atoms with E-state index in [4.69, 9.17) is 19.7 Å². The maximum atomic E-state index is 14.2. The summed E-state index contributed by atoms with van der Waals surface area (Å²) in [7, 11) is 0. The average Bonchev–Trinajstić information content (AvgIpc) is 3.52. The number of thiophene rings is 1. The van der Waals surface area contributed by atoms with Crippen LogP contribution in [-0.2, 0) is 29.0 Å². The lowest BCUT2D eigenvalue weighted by Crippen LogP contribution is -2.31. The molecule has 1 aliphatic carbocycles. The Bertz CT molecular complexity index is 1820. The first kappa shape index (κ1) is 28.6. The van der Waals surface area contributed by atoms with Gasteiger partial charge in [0.2, 0.25) is 0 Å². The molecule has 1 N–H and O–H groups in total. The third kappa shape index (κ3) is 6.31. The SMILES string of the molecule is C\C1=C(c2ccc(Cc3nc4sc(C(=O)O)cc4n3C[C@@H]3CCO3)cc2)/C=C\C=C(\OCc2ccc(C#N)cc2F)CC1. The number of imidazole rings is 1. The second-order valence-corrected chi connectivity index (χ2v) is 11.8. The van der Waals surface area contributed by atoms with Gasteiger partial charge in [-0.1, -0.05) is 48.1 Å². The molecule has 1 saturated heterocycles. The van der Waals surface area contributed by atoms with Crippen molar-refractivity contribution in [1.29, 1.82) is 5.26 Å². The van der Waals surface area contributed by atoms with Gasteiger partial charge in [0, 0.05) is 25.0 Å². The van der Waals surface area contributed by atoms with Gasteiger partial charge in [-0.2, -0.15) is 5.26 Å². The number of fused-ring (bicyclic) bond motifs is 1. The summed E-state index contributed by atoms with van der Waals surface area (Å²) in [6, 6.07) is 16.6. The highest BCUT2D eigenvalue weighted by Crippen LogP contribution is 2.31. The largest absolute Gasteiger partial charge is 0.493 e. The Kier molecular flexibility index (Phi) is 8.23. The normalized spacial score (nSPS) is 20.4. The van der Waals surface area contributed by atoms with Crippen LogP contribution in [0.2, 0.25) is 0 Å². The number of ether oxygens (including phenoxy) is 2. The van der Waals surface area contributed by atoms with Gasteiger partial charge in [0.05, 0.1) is 35.6 Å². The van der Waals surface area contributed by atoms with Crippen molar-refractivity contribution in [2.75, 3.05) is 6.61 Å². The Balaban J connectivity index is 1.15. The Hall–Kier alpha value is -4.52. The zero-order valence-electron chi connectivity index (χ0n) is 23.7. The number of nitrogens with zero attached hydrogens (tertiary/aromatic N) is 3. The van der Waals surface area contributed by atoms with Crippen LogP contribution in [0.15, 0.2) is 78.1 Å². The number of carboxylic acids is 1.